The predicted octanol–water partition coefficient (Wildman–Crippen LogP) is 4.74. The van der Waals surface area contributed by atoms with Crippen LogP contribution in [0.3, 0.4) is 0 Å². The number of carbonyl (C=O) groups is 4. The van der Waals surface area contributed by atoms with Gasteiger partial charge >= 0.3 is 6.09 Å². The Balaban J connectivity index is 1.19. The molecule has 5 rings (SSSR count). The topological polar surface area (TPSA) is 165 Å². The first-order valence-electron chi connectivity index (χ1n) is 16.1. The van der Waals surface area contributed by atoms with Crippen LogP contribution in [0.15, 0.2) is 97.1 Å². The lowest BCUT2D eigenvalue weighted by Crippen LogP contribution is -2.49. The van der Waals surface area contributed by atoms with Crippen LogP contribution in [-0.4, -0.2) is 53.7 Å². The highest BCUT2D eigenvalue weighted by molar-refractivity contribution is 5.99. The summed E-state index contributed by atoms with van der Waals surface area (Å²) in [5.74, 6) is -1.57. The molecule has 48 heavy (non-hydrogen) atoms. The van der Waals surface area contributed by atoms with E-state index in [0.29, 0.717) is 17.9 Å². The average Bonchev–Trinajstić information content (AvgIpc) is 3.84. The number of amides is 4. The van der Waals surface area contributed by atoms with Gasteiger partial charge in [0, 0.05) is 11.8 Å². The second-order valence-electron chi connectivity index (χ2n) is 12.3. The van der Waals surface area contributed by atoms with Gasteiger partial charge in [0.25, 0.3) is 5.91 Å². The van der Waals surface area contributed by atoms with Gasteiger partial charge in [0.1, 0.15) is 24.4 Å². The molecule has 3 aromatic carbocycles. The summed E-state index contributed by atoms with van der Waals surface area (Å²) in [6.07, 6.45) is -0.448. The zero-order valence-electron chi connectivity index (χ0n) is 27.0. The summed E-state index contributed by atoms with van der Waals surface area (Å²) in [6, 6.07) is 27.8. The number of carbonyl (C=O) groups excluding carboxylic acids is 4. The van der Waals surface area contributed by atoms with Crippen molar-refractivity contribution in [2.24, 2.45) is 11.7 Å². The summed E-state index contributed by atoms with van der Waals surface area (Å²) >= 11 is 0. The molecule has 1 fully saturated rings. The second kappa shape index (κ2) is 16.0. The van der Waals surface area contributed by atoms with Gasteiger partial charge < -0.3 is 31.2 Å². The molecule has 1 aliphatic heterocycles. The number of benzene rings is 3. The molecular weight excluding hydrogens is 610 g/mol. The number of pyridine rings is 1. The van der Waals surface area contributed by atoms with Gasteiger partial charge in [0.15, 0.2) is 0 Å². The molecule has 4 amide bonds. The molecule has 0 saturated carbocycles. The monoisotopic (exact) mass is 651 g/mol. The van der Waals surface area contributed by atoms with E-state index in [1.165, 1.54) is 0 Å². The van der Waals surface area contributed by atoms with Crippen LogP contribution in [0.5, 0.6) is 0 Å². The minimum absolute atomic E-state index is 0.0499. The summed E-state index contributed by atoms with van der Waals surface area (Å²) in [5, 5.41) is 9.42. The Kier molecular flexibility index (Phi) is 11.4. The Labute approximate surface area is 279 Å². The number of fused-ring (bicyclic) bond motifs is 1. The number of epoxide rings is 1. The van der Waals surface area contributed by atoms with Crippen molar-refractivity contribution in [3.8, 4) is 0 Å². The number of primary amides is 1. The fourth-order valence-corrected chi connectivity index (χ4v) is 5.61. The molecule has 1 aromatic heterocycles. The minimum atomic E-state index is -1.24. The predicted molar refractivity (Wildman–Crippen MR) is 181 cm³/mol. The number of para-hydroxylation sites is 1. The molecule has 4 unspecified atom stereocenters. The smallest absolute Gasteiger partial charge is 0.407 e. The zero-order valence-corrected chi connectivity index (χ0v) is 27.0. The van der Waals surface area contributed by atoms with Crippen LogP contribution in [0.2, 0.25) is 0 Å². The number of nitrogens with zero attached hydrogens (tertiary/aromatic N) is 1. The third-order valence-electron chi connectivity index (χ3n) is 8.11. The average molecular weight is 652 g/mol. The number of rotatable bonds is 15. The van der Waals surface area contributed by atoms with Crippen LogP contribution in [-0.2, 0) is 19.1 Å². The van der Waals surface area contributed by atoms with Crippen LogP contribution in [0.1, 0.15) is 66.8 Å². The molecule has 5 atom stereocenters. The standard InChI is InChI=1S/C37H41N5O6/c1-23(2)19-29(24-11-5-3-6-12-24)42-37(46)47-22-33-32(48-33)20-30(25-13-7-4-8-14-25)40-36(45)31(21-34(38)43)41-35(44)28-18-17-26-15-9-10-16-27(26)39-28/h3-18,23,29-33H,19-22H2,1-2H3,(H2,38,43)(H,40,45)(H,41,44)(H,42,46)/t29?,30?,31-,32?,33?/m0/s1. The molecule has 0 aliphatic carbocycles. The molecule has 0 bridgehead atoms. The van der Waals surface area contributed by atoms with E-state index in [0.717, 1.165) is 22.9 Å². The normalized spacial score (nSPS) is 17.1. The highest BCUT2D eigenvalue weighted by Gasteiger charge is 2.42. The first-order chi connectivity index (χ1) is 23.2. The van der Waals surface area contributed by atoms with Crippen LogP contribution < -0.4 is 21.7 Å². The summed E-state index contributed by atoms with van der Waals surface area (Å²) in [4.78, 5) is 55.7. The third-order valence-corrected chi connectivity index (χ3v) is 8.11. The number of alkyl carbamates (subject to hydrolysis) is 1. The van der Waals surface area contributed by atoms with Gasteiger partial charge in [0.2, 0.25) is 11.8 Å². The van der Waals surface area contributed by atoms with E-state index in [1.54, 1.807) is 18.2 Å². The van der Waals surface area contributed by atoms with Gasteiger partial charge in [-0.15, -0.1) is 0 Å². The van der Waals surface area contributed by atoms with E-state index in [1.807, 2.05) is 78.9 Å². The van der Waals surface area contributed by atoms with E-state index >= 15 is 0 Å². The number of aromatic nitrogens is 1. The van der Waals surface area contributed by atoms with E-state index in [-0.39, 0.29) is 30.6 Å². The lowest BCUT2D eigenvalue weighted by Gasteiger charge is -2.23. The van der Waals surface area contributed by atoms with E-state index < -0.39 is 42.3 Å². The highest BCUT2D eigenvalue weighted by Crippen LogP contribution is 2.32. The molecule has 5 N–H and O–H groups in total. The van der Waals surface area contributed by atoms with E-state index in [4.69, 9.17) is 15.2 Å². The van der Waals surface area contributed by atoms with Crippen molar-refractivity contribution in [1.29, 1.82) is 0 Å². The molecular formula is C37H41N5O6. The Morgan fingerprint density at radius 1 is 0.792 bits per heavy atom. The molecule has 0 radical (unpaired) electrons. The summed E-state index contributed by atoms with van der Waals surface area (Å²) in [6.45, 7) is 4.24. The maximum Gasteiger partial charge on any atom is 0.407 e. The molecule has 11 nitrogen and oxygen atoms in total. The Morgan fingerprint density at radius 2 is 1.44 bits per heavy atom. The van der Waals surface area contributed by atoms with Crippen molar-refractivity contribution < 1.29 is 28.7 Å². The van der Waals surface area contributed by atoms with Crippen molar-refractivity contribution in [2.75, 3.05) is 6.61 Å². The summed E-state index contributed by atoms with van der Waals surface area (Å²) < 4.78 is 11.4. The fraction of sp³-hybridized carbons (Fsp3) is 0.324. The maximum absolute atomic E-state index is 13.6. The minimum Gasteiger partial charge on any atom is -0.447 e. The first-order valence-corrected chi connectivity index (χ1v) is 16.1. The molecule has 250 valence electrons. The largest absolute Gasteiger partial charge is 0.447 e. The quantitative estimate of drug-likeness (QED) is 0.135. The summed E-state index contributed by atoms with van der Waals surface area (Å²) in [5.41, 5.74) is 8.00. The zero-order chi connectivity index (χ0) is 34.0. The Bertz CT molecular complexity index is 1720. The van der Waals surface area contributed by atoms with Crippen molar-refractivity contribution in [1.82, 2.24) is 20.9 Å². The lowest BCUT2D eigenvalue weighted by molar-refractivity contribution is -0.127. The maximum atomic E-state index is 13.6. The van der Waals surface area contributed by atoms with Crippen molar-refractivity contribution in [3.63, 3.8) is 0 Å². The SMILES string of the molecule is CC(C)CC(NC(=O)OCC1OC1CC(NC(=O)[C@H](CC(N)=O)NC(=O)c1ccc2ccccc2n1)c1ccccc1)c1ccccc1. The van der Waals surface area contributed by atoms with Gasteiger partial charge in [-0.05, 0) is 35.6 Å². The van der Waals surface area contributed by atoms with Gasteiger partial charge in [-0.25, -0.2) is 9.78 Å². The third kappa shape index (κ3) is 9.62. The van der Waals surface area contributed by atoms with E-state index in [9.17, 15) is 19.2 Å². The number of hydrogen-bond donors (Lipinski definition) is 4. The van der Waals surface area contributed by atoms with Crippen LogP contribution >= 0.6 is 0 Å². The number of ether oxygens (including phenoxy) is 2. The molecule has 0 spiro atoms. The van der Waals surface area contributed by atoms with Crippen LogP contribution in [0.25, 0.3) is 10.9 Å². The van der Waals surface area contributed by atoms with E-state index in [2.05, 4.69) is 34.8 Å². The first kappa shape index (κ1) is 34.1. The van der Waals surface area contributed by atoms with Gasteiger partial charge in [-0.2, -0.15) is 0 Å². The summed E-state index contributed by atoms with van der Waals surface area (Å²) in [7, 11) is 0. The second-order valence-corrected chi connectivity index (χ2v) is 12.3. The van der Waals surface area contributed by atoms with Gasteiger partial charge in [-0.3, -0.25) is 14.4 Å². The number of hydrogen-bond acceptors (Lipinski definition) is 7. The lowest BCUT2D eigenvalue weighted by atomic mass is 9.97. The van der Waals surface area contributed by atoms with Crippen molar-refractivity contribution in [3.05, 3.63) is 114 Å². The van der Waals surface area contributed by atoms with Gasteiger partial charge in [0.05, 0.1) is 30.1 Å². The van der Waals surface area contributed by atoms with Gasteiger partial charge in [-0.1, -0.05) is 98.8 Å². The Morgan fingerprint density at radius 3 is 2.10 bits per heavy atom. The number of nitrogens with one attached hydrogen (secondary N) is 3. The number of nitrogens with two attached hydrogens (primary N) is 1. The molecule has 11 heteroatoms. The van der Waals surface area contributed by atoms with Crippen LogP contribution in [0, 0.1) is 5.92 Å². The molecule has 1 saturated heterocycles. The molecule has 1 aliphatic rings. The fourth-order valence-electron chi connectivity index (χ4n) is 5.61. The molecule has 4 aromatic rings. The molecule has 2 heterocycles. The van der Waals surface area contributed by atoms with Crippen molar-refractivity contribution in [2.45, 2.75) is 63.4 Å². The Hall–Kier alpha value is -5.29. The van der Waals surface area contributed by atoms with Crippen molar-refractivity contribution >= 4 is 34.7 Å². The van der Waals surface area contributed by atoms with Crippen LogP contribution in [0.4, 0.5) is 4.79 Å². The highest BCUT2D eigenvalue weighted by atomic mass is 16.6.